The van der Waals surface area contributed by atoms with Crippen LogP contribution in [0.25, 0.3) is 10.9 Å². The Labute approximate surface area is 131 Å². The zero-order valence-electron chi connectivity index (χ0n) is 13.6. The molecule has 0 unspecified atom stereocenters. The summed E-state index contributed by atoms with van der Waals surface area (Å²) >= 11 is 0. The molecular weight excluding hydrogens is 272 g/mol. The van der Waals surface area contributed by atoms with Crippen molar-refractivity contribution < 1.29 is 4.65 Å². The summed E-state index contributed by atoms with van der Waals surface area (Å²) in [5.41, 5.74) is 5.25. The fraction of sp³-hybridized carbons (Fsp3) is 0.474. The lowest BCUT2D eigenvalue weighted by Gasteiger charge is -2.53. The van der Waals surface area contributed by atoms with Gasteiger partial charge in [0.2, 0.25) is 0 Å². The van der Waals surface area contributed by atoms with Crippen LogP contribution in [0.5, 0.6) is 0 Å². The van der Waals surface area contributed by atoms with E-state index >= 15 is 0 Å². The van der Waals surface area contributed by atoms with Crippen LogP contribution in [-0.2, 0) is 6.42 Å². The molecule has 0 aliphatic carbocycles. The van der Waals surface area contributed by atoms with Crippen LogP contribution in [0, 0.1) is 10.6 Å². The first-order valence-corrected chi connectivity index (χ1v) is 8.27. The SMILES string of the molecule is CC(C)(C)C1=C[C@H]2c3[nH]c4ccccc4c3CC[N@@+]2([O-])CC1. The van der Waals surface area contributed by atoms with E-state index < -0.39 is 0 Å². The molecule has 0 radical (unpaired) electrons. The molecule has 3 heteroatoms. The Bertz CT molecular complexity index is 765. The van der Waals surface area contributed by atoms with E-state index in [1.165, 1.54) is 16.5 Å². The predicted octanol–water partition coefficient (Wildman–Crippen LogP) is 4.46. The number of hydrogen-bond donors (Lipinski definition) is 1. The van der Waals surface area contributed by atoms with Crippen LogP contribution < -0.4 is 0 Å². The fourth-order valence-corrected chi connectivity index (χ4v) is 4.10. The molecule has 2 atom stereocenters. The zero-order valence-corrected chi connectivity index (χ0v) is 13.6. The minimum Gasteiger partial charge on any atom is -0.632 e. The number of nitrogens with one attached hydrogen (secondary N) is 1. The van der Waals surface area contributed by atoms with Gasteiger partial charge in [-0.25, -0.2) is 0 Å². The standard InChI is InChI=1S/C19H24N2O/c1-19(2,3)13-8-10-21(22)11-9-15-14-6-4-5-7-16(14)20-18(15)17(21)12-13/h4-7,12,17,20H,8-11H2,1-3H3/t17-,21-/m0/s1. The largest absolute Gasteiger partial charge is 0.632 e. The topological polar surface area (TPSA) is 38.8 Å². The summed E-state index contributed by atoms with van der Waals surface area (Å²) < 4.78 is -0.0839. The van der Waals surface area contributed by atoms with Gasteiger partial charge >= 0.3 is 0 Å². The lowest BCUT2D eigenvalue weighted by atomic mass is 9.79. The van der Waals surface area contributed by atoms with Crippen molar-refractivity contribution in [3.05, 3.63) is 52.4 Å². The van der Waals surface area contributed by atoms with Crippen molar-refractivity contribution in [3.8, 4) is 0 Å². The molecular formula is C19H24N2O. The van der Waals surface area contributed by atoms with E-state index in [1.807, 2.05) is 0 Å². The van der Waals surface area contributed by atoms with Crippen molar-refractivity contribution in [2.75, 3.05) is 13.1 Å². The number of aromatic amines is 1. The highest BCUT2D eigenvalue weighted by molar-refractivity contribution is 5.85. The third kappa shape index (κ3) is 1.96. The predicted molar refractivity (Wildman–Crippen MR) is 90.3 cm³/mol. The number of para-hydroxylation sites is 1. The van der Waals surface area contributed by atoms with Crippen molar-refractivity contribution in [1.29, 1.82) is 0 Å². The van der Waals surface area contributed by atoms with Gasteiger partial charge < -0.3 is 14.8 Å². The summed E-state index contributed by atoms with van der Waals surface area (Å²) in [6.45, 7) is 8.16. The van der Waals surface area contributed by atoms with E-state index in [2.05, 4.69) is 56.1 Å². The van der Waals surface area contributed by atoms with Gasteiger partial charge in [-0.1, -0.05) is 44.5 Å². The molecule has 0 fully saturated rings. The molecule has 116 valence electrons. The van der Waals surface area contributed by atoms with Gasteiger partial charge in [0.15, 0.2) is 0 Å². The highest BCUT2D eigenvalue weighted by Gasteiger charge is 2.41. The molecule has 22 heavy (non-hydrogen) atoms. The van der Waals surface area contributed by atoms with Gasteiger partial charge in [-0.05, 0) is 23.1 Å². The van der Waals surface area contributed by atoms with Gasteiger partial charge in [0.05, 0.1) is 18.8 Å². The number of hydroxylamine groups is 3. The maximum Gasteiger partial charge on any atom is 0.149 e. The average molecular weight is 296 g/mol. The van der Waals surface area contributed by atoms with E-state index in [0.29, 0.717) is 13.1 Å². The third-order valence-electron chi connectivity index (χ3n) is 5.47. The van der Waals surface area contributed by atoms with Gasteiger partial charge in [-0.15, -0.1) is 0 Å². The molecule has 0 amide bonds. The molecule has 2 aliphatic rings. The molecule has 4 rings (SSSR count). The first-order valence-electron chi connectivity index (χ1n) is 8.27. The number of nitrogens with zero attached hydrogens (tertiary/aromatic N) is 1. The van der Waals surface area contributed by atoms with Crippen molar-refractivity contribution in [1.82, 2.24) is 4.98 Å². The summed E-state index contributed by atoms with van der Waals surface area (Å²) in [5.74, 6) is 0. The van der Waals surface area contributed by atoms with Crippen LogP contribution in [0.1, 0.15) is 44.5 Å². The third-order valence-corrected chi connectivity index (χ3v) is 5.47. The first kappa shape index (κ1) is 14.0. The molecule has 2 aromatic rings. The summed E-state index contributed by atoms with van der Waals surface area (Å²) in [6.07, 6.45) is 4.08. The minimum atomic E-state index is -0.0839. The van der Waals surface area contributed by atoms with E-state index in [9.17, 15) is 5.21 Å². The van der Waals surface area contributed by atoms with E-state index in [-0.39, 0.29) is 16.1 Å². The monoisotopic (exact) mass is 296 g/mol. The Morgan fingerprint density at radius 2 is 1.86 bits per heavy atom. The Morgan fingerprint density at radius 1 is 1.14 bits per heavy atom. The van der Waals surface area contributed by atoms with Crippen LogP contribution >= 0.6 is 0 Å². The Kier molecular flexibility index (Phi) is 2.85. The van der Waals surface area contributed by atoms with Gasteiger partial charge in [0.25, 0.3) is 0 Å². The first-order chi connectivity index (χ1) is 10.4. The molecule has 1 aromatic heterocycles. The van der Waals surface area contributed by atoms with Crippen molar-refractivity contribution >= 4 is 10.9 Å². The number of benzene rings is 1. The smallest absolute Gasteiger partial charge is 0.149 e. The highest BCUT2D eigenvalue weighted by Crippen LogP contribution is 2.45. The van der Waals surface area contributed by atoms with Gasteiger partial charge in [0, 0.05) is 23.7 Å². The number of aromatic nitrogens is 1. The quantitative estimate of drug-likeness (QED) is 0.435. The molecule has 3 nitrogen and oxygen atoms in total. The van der Waals surface area contributed by atoms with Crippen LogP contribution in [-0.4, -0.2) is 22.7 Å². The second-order valence-corrected chi connectivity index (χ2v) is 7.85. The van der Waals surface area contributed by atoms with Gasteiger partial charge in [-0.3, -0.25) is 0 Å². The number of fused-ring (bicyclic) bond motifs is 5. The Hall–Kier alpha value is -1.58. The van der Waals surface area contributed by atoms with E-state index in [0.717, 1.165) is 24.1 Å². The maximum atomic E-state index is 13.3. The number of rotatable bonds is 0. The summed E-state index contributed by atoms with van der Waals surface area (Å²) in [5, 5.41) is 14.6. The number of H-pyrrole nitrogens is 1. The molecule has 0 saturated carbocycles. The van der Waals surface area contributed by atoms with Gasteiger partial charge in [0.1, 0.15) is 6.04 Å². The molecule has 3 heterocycles. The number of quaternary nitrogens is 1. The number of hydrogen-bond acceptors (Lipinski definition) is 1. The molecule has 0 bridgehead atoms. The molecule has 0 saturated heterocycles. The van der Waals surface area contributed by atoms with Crippen LogP contribution in [0.3, 0.4) is 0 Å². The van der Waals surface area contributed by atoms with Crippen LogP contribution in [0.4, 0.5) is 0 Å². The Balaban J connectivity index is 1.90. The summed E-state index contributed by atoms with van der Waals surface area (Å²) in [7, 11) is 0. The minimum absolute atomic E-state index is 0.0564. The maximum absolute atomic E-state index is 13.3. The van der Waals surface area contributed by atoms with Crippen LogP contribution in [0.2, 0.25) is 0 Å². The van der Waals surface area contributed by atoms with E-state index in [1.54, 1.807) is 0 Å². The lowest BCUT2D eigenvalue weighted by molar-refractivity contribution is -0.908. The zero-order chi connectivity index (χ0) is 15.5. The van der Waals surface area contributed by atoms with Crippen molar-refractivity contribution in [3.63, 3.8) is 0 Å². The lowest BCUT2D eigenvalue weighted by Crippen LogP contribution is -2.52. The van der Waals surface area contributed by atoms with Gasteiger partial charge in [-0.2, -0.15) is 0 Å². The average Bonchev–Trinajstić information content (AvgIpc) is 2.84. The molecule has 1 N–H and O–H groups in total. The van der Waals surface area contributed by atoms with Crippen molar-refractivity contribution in [2.45, 2.75) is 39.7 Å². The summed E-state index contributed by atoms with van der Waals surface area (Å²) in [6, 6.07) is 8.37. The van der Waals surface area contributed by atoms with Crippen LogP contribution in [0.15, 0.2) is 35.9 Å². The Morgan fingerprint density at radius 3 is 2.64 bits per heavy atom. The second-order valence-electron chi connectivity index (χ2n) is 7.85. The fourth-order valence-electron chi connectivity index (χ4n) is 4.10. The normalized spacial score (nSPS) is 28.2. The van der Waals surface area contributed by atoms with Crippen molar-refractivity contribution in [2.24, 2.45) is 5.41 Å². The van der Waals surface area contributed by atoms with E-state index in [4.69, 9.17) is 0 Å². The molecule has 2 aliphatic heterocycles. The summed E-state index contributed by atoms with van der Waals surface area (Å²) in [4.78, 5) is 3.55. The molecule has 1 aromatic carbocycles. The molecule has 0 spiro atoms. The highest BCUT2D eigenvalue weighted by atomic mass is 16.5. The second kappa shape index (κ2) is 4.46.